The molecule has 2 aromatic carbocycles. The van der Waals surface area contributed by atoms with Gasteiger partial charge in [-0.2, -0.15) is 0 Å². The minimum atomic E-state index is -0.191. The average molecular weight is 380 g/mol. The van der Waals surface area contributed by atoms with E-state index in [4.69, 9.17) is 0 Å². The number of nitrogens with zero attached hydrogens (tertiary/aromatic N) is 2. The van der Waals surface area contributed by atoms with Crippen LogP contribution in [0.15, 0.2) is 48.5 Å². The fourth-order valence-corrected chi connectivity index (χ4v) is 3.37. The number of nitrogens with one attached hydrogen (secondary N) is 2. The first-order valence-corrected chi connectivity index (χ1v) is 9.70. The van der Waals surface area contributed by atoms with E-state index in [0.717, 1.165) is 29.8 Å². The van der Waals surface area contributed by atoms with Crippen molar-refractivity contribution in [1.29, 1.82) is 0 Å². The molecule has 0 saturated carbocycles. The fraction of sp³-hybridized carbons (Fsp3) is 0.364. The molecule has 0 fully saturated rings. The van der Waals surface area contributed by atoms with Gasteiger partial charge in [0.25, 0.3) is 11.8 Å². The predicted octanol–water partition coefficient (Wildman–Crippen LogP) is 2.95. The first-order chi connectivity index (χ1) is 13.5. The lowest BCUT2D eigenvalue weighted by Crippen LogP contribution is -2.33. The minimum Gasteiger partial charge on any atom is -0.361 e. The van der Waals surface area contributed by atoms with E-state index < -0.39 is 0 Å². The van der Waals surface area contributed by atoms with Crippen molar-refractivity contribution in [3.05, 3.63) is 65.2 Å². The van der Waals surface area contributed by atoms with E-state index in [1.54, 1.807) is 12.1 Å². The van der Waals surface area contributed by atoms with Crippen molar-refractivity contribution >= 4 is 17.5 Å². The molecule has 0 bridgehead atoms. The molecule has 148 valence electrons. The van der Waals surface area contributed by atoms with Gasteiger partial charge >= 0.3 is 0 Å². The van der Waals surface area contributed by atoms with Crippen LogP contribution in [-0.2, 0) is 0 Å². The van der Waals surface area contributed by atoms with Gasteiger partial charge in [0.05, 0.1) is 0 Å². The molecule has 28 heavy (non-hydrogen) atoms. The lowest BCUT2D eigenvalue weighted by Gasteiger charge is -2.26. The highest BCUT2D eigenvalue weighted by Crippen LogP contribution is 2.34. The number of hydrogen-bond acceptors (Lipinski definition) is 4. The van der Waals surface area contributed by atoms with Crippen molar-refractivity contribution in [1.82, 2.24) is 15.1 Å². The van der Waals surface area contributed by atoms with Crippen LogP contribution in [0.25, 0.3) is 0 Å². The van der Waals surface area contributed by atoms with E-state index in [2.05, 4.69) is 17.6 Å². The molecule has 1 atom stereocenters. The molecule has 1 aliphatic heterocycles. The van der Waals surface area contributed by atoms with Crippen LogP contribution in [0.1, 0.15) is 45.8 Å². The number of hydrogen-bond donors (Lipinski definition) is 2. The monoisotopic (exact) mass is 380 g/mol. The van der Waals surface area contributed by atoms with Gasteiger partial charge < -0.3 is 20.4 Å². The highest BCUT2D eigenvalue weighted by atomic mass is 16.2. The lowest BCUT2D eigenvalue weighted by atomic mass is 10.1. The van der Waals surface area contributed by atoms with Crippen molar-refractivity contribution in [2.45, 2.75) is 19.5 Å². The number of likely N-dealkylation sites (N-methyl/N-ethyl adjacent to an activating group) is 1. The molecule has 1 unspecified atom stereocenters. The number of anilines is 1. The topological polar surface area (TPSA) is 64.7 Å². The molecule has 6 heteroatoms. The molecule has 2 aromatic rings. The van der Waals surface area contributed by atoms with Crippen LogP contribution in [0.3, 0.4) is 0 Å². The van der Waals surface area contributed by atoms with E-state index in [1.807, 2.05) is 60.3 Å². The summed E-state index contributed by atoms with van der Waals surface area (Å²) < 4.78 is 0. The molecular formula is C22H28N4O2. The van der Waals surface area contributed by atoms with Crippen LogP contribution < -0.4 is 10.6 Å². The van der Waals surface area contributed by atoms with Gasteiger partial charge in [-0.25, -0.2) is 0 Å². The van der Waals surface area contributed by atoms with Gasteiger partial charge in [0, 0.05) is 42.0 Å². The van der Waals surface area contributed by atoms with E-state index in [0.29, 0.717) is 18.7 Å². The van der Waals surface area contributed by atoms with Gasteiger partial charge in [0.2, 0.25) is 0 Å². The summed E-state index contributed by atoms with van der Waals surface area (Å²) in [5.41, 5.74) is 3.25. The fourth-order valence-electron chi connectivity index (χ4n) is 3.37. The summed E-state index contributed by atoms with van der Waals surface area (Å²) in [6, 6.07) is 15.1. The first-order valence-electron chi connectivity index (χ1n) is 9.70. The first kappa shape index (κ1) is 19.9. The molecule has 2 N–H and O–H groups in total. The Morgan fingerprint density at radius 2 is 1.82 bits per heavy atom. The molecular weight excluding hydrogens is 352 g/mol. The van der Waals surface area contributed by atoms with Crippen LogP contribution in [-0.4, -0.2) is 55.3 Å². The zero-order valence-electron chi connectivity index (χ0n) is 16.7. The highest BCUT2D eigenvalue weighted by molar-refractivity contribution is 5.99. The second-order valence-corrected chi connectivity index (χ2v) is 7.27. The van der Waals surface area contributed by atoms with E-state index in [-0.39, 0.29) is 18.0 Å². The zero-order valence-corrected chi connectivity index (χ0v) is 16.7. The van der Waals surface area contributed by atoms with Gasteiger partial charge in [0.1, 0.15) is 6.17 Å². The smallest absolute Gasteiger partial charge is 0.256 e. The van der Waals surface area contributed by atoms with Gasteiger partial charge in [0.15, 0.2) is 0 Å². The summed E-state index contributed by atoms with van der Waals surface area (Å²) in [5.74, 6) is -0.0192. The third-order valence-corrected chi connectivity index (χ3v) is 4.82. The standard InChI is InChI=1S/C22H28N4O2/c1-4-14-26-20(18-7-5-6-8-19(18)22(26)28)24-17-11-9-16(10-12-17)21(27)23-13-15-25(2)3/h5-12,20,24H,4,13-15H2,1-3H3,(H,23,27). The Kier molecular flexibility index (Phi) is 6.31. The number of carbonyl (C=O) groups excluding carboxylic acids is 2. The molecule has 0 radical (unpaired) electrons. The van der Waals surface area contributed by atoms with Crippen LogP contribution in [0, 0.1) is 0 Å². The Morgan fingerprint density at radius 3 is 2.50 bits per heavy atom. The van der Waals surface area contributed by atoms with Crippen LogP contribution in [0.4, 0.5) is 5.69 Å². The van der Waals surface area contributed by atoms with Gasteiger partial charge in [-0.15, -0.1) is 0 Å². The molecule has 6 nitrogen and oxygen atoms in total. The van der Waals surface area contributed by atoms with Gasteiger partial charge in [-0.05, 0) is 50.8 Å². The zero-order chi connectivity index (χ0) is 20.1. The maximum absolute atomic E-state index is 12.7. The van der Waals surface area contributed by atoms with E-state index in [9.17, 15) is 9.59 Å². The van der Waals surface area contributed by atoms with Crippen molar-refractivity contribution < 1.29 is 9.59 Å². The highest BCUT2D eigenvalue weighted by Gasteiger charge is 2.35. The second-order valence-electron chi connectivity index (χ2n) is 7.27. The molecule has 1 heterocycles. The normalized spacial score (nSPS) is 15.6. The molecule has 0 aromatic heterocycles. The van der Waals surface area contributed by atoms with Crippen LogP contribution in [0.2, 0.25) is 0 Å². The Morgan fingerprint density at radius 1 is 1.11 bits per heavy atom. The number of rotatable bonds is 8. The van der Waals surface area contributed by atoms with Crippen molar-refractivity contribution in [2.75, 3.05) is 39.0 Å². The maximum atomic E-state index is 12.7. The maximum Gasteiger partial charge on any atom is 0.256 e. The van der Waals surface area contributed by atoms with Crippen molar-refractivity contribution in [3.8, 4) is 0 Å². The van der Waals surface area contributed by atoms with Gasteiger partial charge in [-0.3, -0.25) is 9.59 Å². The quantitative estimate of drug-likeness (QED) is 0.739. The van der Waals surface area contributed by atoms with Crippen LogP contribution in [0.5, 0.6) is 0 Å². The molecule has 2 amide bonds. The summed E-state index contributed by atoms with van der Waals surface area (Å²) >= 11 is 0. The number of benzene rings is 2. The van der Waals surface area contributed by atoms with Crippen molar-refractivity contribution in [3.63, 3.8) is 0 Å². The summed E-state index contributed by atoms with van der Waals surface area (Å²) in [7, 11) is 3.95. The van der Waals surface area contributed by atoms with E-state index in [1.165, 1.54) is 0 Å². The molecule has 0 spiro atoms. The Balaban J connectivity index is 1.70. The number of fused-ring (bicyclic) bond motifs is 1. The Labute approximate surface area is 166 Å². The largest absolute Gasteiger partial charge is 0.361 e. The molecule has 1 aliphatic rings. The molecule has 0 saturated heterocycles. The summed E-state index contributed by atoms with van der Waals surface area (Å²) in [6.45, 7) is 4.17. The second kappa shape index (κ2) is 8.89. The average Bonchev–Trinajstić information content (AvgIpc) is 2.95. The van der Waals surface area contributed by atoms with Crippen molar-refractivity contribution in [2.24, 2.45) is 0 Å². The summed E-state index contributed by atoms with van der Waals surface area (Å²) in [6.07, 6.45) is 0.702. The Hall–Kier alpha value is -2.86. The predicted molar refractivity (Wildman–Crippen MR) is 111 cm³/mol. The van der Waals surface area contributed by atoms with Gasteiger partial charge in [-0.1, -0.05) is 25.1 Å². The van der Waals surface area contributed by atoms with Crippen LogP contribution >= 0.6 is 0 Å². The SMILES string of the molecule is CCCN1C(=O)c2ccccc2C1Nc1ccc(C(=O)NCCN(C)C)cc1. The third-order valence-electron chi connectivity index (χ3n) is 4.82. The third kappa shape index (κ3) is 4.34. The summed E-state index contributed by atoms with van der Waals surface area (Å²) in [5, 5.41) is 6.36. The molecule has 0 aliphatic carbocycles. The Bertz CT molecular complexity index is 833. The molecule has 3 rings (SSSR count). The lowest BCUT2D eigenvalue weighted by molar-refractivity contribution is 0.0743. The van der Waals surface area contributed by atoms with E-state index >= 15 is 0 Å². The number of carbonyl (C=O) groups is 2. The minimum absolute atomic E-state index is 0.0619. The summed E-state index contributed by atoms with van der Waals surface area (Å²) in [4.78, 5) is 28.8. The number of amides is 2.